The zero-order chi connectivity index (χ0) is 12.0. The molecule has 0 saturated heterocycles. The predicted octanol–water partition coefficient (Wildman–Crippen LogP) is -0.576. The van der Waals surface area contributed by atoms with Gasteiger partial charge in [-0.25, -0.2) is 4.79 Å². The van der Waals surface area contributed by atoms with Crippen LogP contribution in [-0.4, -0.2) is 44.3 Å². The molecule has 0 aliphatic carbocycles. The molecule has 0 radical (unpaired) electrons. The van der Waals surface area contributed by atoms with Crippen LogP contribution in [-0.2, 0) is 9.53 Å². The van der Waals surface area contributed by atoms with Gasteiger partial charge in [0.15, 0.2) is 0 Å². The van der Waals surface area contributed by atoms with Crippen molar-refractivity contribution in [3.8, 4) is 12.0 Å². The van der Waals surface area contributed by atoms with Gasteiger partial charge >= 0.3 is 18.0 Å². The fourth-order valence-electron chi connectivity index (χ4n) is 0.806. The van der Waals surface area contributed by atoms with Crippen LogP contribution in [0.2, 0.25) is 0 Å². The highest BCUT2D eigenvalue weighted by atomic mass is 16.5. The molecule has 8 heteroatoms. The van der Waals surface area contributed by atoms with Crippen LogP contribution in [0.25, 0.3) is 0 Å². The molecule has 0 aliphatic rings. The van der Waals surface area contributed by atoms with E-state index in [1.54, 1.807) is 0 Å². The van der Waals surface area contributed by atoms with Gasteiger partial charge in [-0.05, 0) is 0 Å². The van der Waals surface area contributed by atoms with Crippen LogP contribution in [0.3, 0.4) is 0 Å². The molecule has 1 aromatic rings. The zero-order valence-corrected chi connectivity index (χ0v) is 8.25. The number of hydrogen-bond donors (Lipinski definition) is 3. The lowest BCUT2D eigenvalue weighted by molar-refractivity contribution is -0.137. The number of nitrogens with zero attached hydrogens (tertiary/aromatic N) is 3. The summed E-state index contributed by atoms with van der Waals surface area (Å²) >= 11 is 0. The van der Waals surface area contributed by atoms with Gasteiger partial charge in [-0.3, -0.25) is 0 Å². The van der Waals surface area contributed by atoms with Gasteiger partial charge in [-0.2, -0.15) is 9.97 Å². The Bertz CT molecular complexity index is 375. The van der Waals surface area contributed by atoms with Crippen LogP contribution in [0.1, 0.15) is 0 Å². The third-order valence-corrected chi connectivity index (χ3v) is 1.41. The van der Waals surface area contributed by atoms with Crippen molar-refractivity contribution in [2.45, 2.75) is 0 Å². The van der Waals surface area contributed by atoms with Gasteiger partial charge in [-0.1, -0.05) is 6.58 Å². The van der Waals surface area contributed by atoms with Crippen LogP contribution >= 0.6 is 0 Å². The lowest BCUT2D eigenvalue weighted by Gasteiger charge is -2.04. The van der Waals surface area contributed by atoms with Crippen molar-refractivity contribution in [3.63, 3.8) is 0 Å². The van der Waals surface area contributed by atoms with Crippen molar-refractivity contribution >= 4 is 11.9 Å². The molecule has 0 atom stereocenters. The number of aromatic hydroxyl groups is 2. The highest BCUT2D eigenvalue weighted by Gasteiger charge is 2.03. The van der Waals surface area contributed by atoms with Crippen molar-refractivity contribution in [1.29, 1.82) is 0 Å². The lowest BCUT2D eigenvalue weighted by Crippen LogP contribution is -2.13. The average molecular weight is 226 g/mol. The summed E-state index contributed by atoms with van der Waals surface area (Å²) in [7, 11) is 0. The molecule has 0 spiro atoms. The Labute approximate surface area is 90.6 Å². The Morgan fingerprint density at radius 2 is 2.00 bits per heavy atom. The van der Waals surface area contributed by atoms with Crippen molar-refractivity contribution in [2.75, 3.05) is 18.5 Å². The molecule has 0 amide bonds. The Hall–Kier alpha value is -2.38. The minimum atomic E-state index is -0.599. The number of aromatic nitrogens is 3. The van der Waals surface area contributed by atoms with Crippen LogP contribution in [0, 0.1) is 0 Å². The molecule has 0 saturated carbocycles. The first-order chi connectivity index (χ1) is 7.61. The number of rotatable bonds is 5. The summed E-state index contributed by atoms with van der Waals surface area (Å²) in [5.74, 6) is -0.553. The number of hydrogen-bond acceptors (Lipinski definition) is 8. The first-order valence-corrected chi connectivity index (χ1v) is 4.29. The first kappa shape index (κ1) is 11.7. The van der Waals surface area contributed by atoms with E-state index < -0.39 is 18.0 Å². The Morgan fingerprint density at radius 3 is 2.56 bits per heavy atom. The standard InChI is InChI=1S/C8H10N4O4/c1-2-5(13)16-4-3-9-6-10-7(14)12-8(15)11-6/h2H,1,3-4H2,(H3,9,10,11,12,14,15). The lowest BCUT2D eigenvalue weighted by atomic mass is 10.6. The number of anilines is 1. The summed E-state index contributed by atoms with van der Waals surface area (Å²) in [4.78, 5) is 20.7. The summed E-state index contributed by atoms with van der Waals surface area (Å²) in [6.45, 7) is 3.53. The third-order valence-electron chi connectivity index (χ3n) is 1.41. The molecule has 0 aliphatic heterocycles. The fourth-order valence-corrected chi connectivity index (χ4v) is 0.806. The van der Waals surface area contributed by atoms with E-state index in [9.17, 15) is 4.79 Å². The summed E-state index contributed by atoms with van der Waals surface area (Å²) in [6, 6.07) is -1.20. The maximum Gasteiger partial charge on any atom is 0.330 e. The van der Waals surface area contributed by atoms with E-state index in [0.717, 1.165) is 6.08 Å². The highest BCUT2D eigenvalue weighted by Crippen LogP contribution is 2.08. The van der Waals surface area contributed by atoms with E-state index in [2.05, 4.69) is 31.6 Å². The monoisotopic (exact) mass is 226 g/mol. The minimum absolute atomic E-state index is 0.0142. The smallest absolute Gasteiger partial charge is 0.330 e. The molecule has 0 unspecified atom stereocenters. The van der Waals surface area contributed by atoms with Crippen LogP contribution in [0.5, 0.6) is 12.0 Å². The molecule has 1 rings (SSSR count). The number of ether oxygens (including phenoxy) is 1. The second kappa shape index (κ2) is 5.49. The van der Waals surface area contributed by atoms with Crippen LogP contribution < -0.4 is 5.32 Å². The molecular weight excluding hydrogens is 216 g/mol. The van der Waals surface area contributed by atoms with Crippen molar-refractivity contribution in [1.82, 2.24) is 15.0 Å². The van der Waals surface area contributed by atoms with E-state index in [1.807, 2.05) is 0 Å². The number of nitrogens with one attached hydrogen (secondary N) is 1. The number of carbonyl (C=O) groups excluding carboxylic acids is 1. The van der Waals surface area contributed by atoms with Gasteiger partial charge in [-0.15, -0.1) is 4.98 Å². The highest BCUT2D eigenvalue weighted by molar-refractivity contribution is 5.81. The van der Waals surface area contributed by atoms with E-state index in [0.29, 0.717) is 0 Å². The second-order valence-electron chi connectivity index (χ2n) is 2.56. The van der Waals surface area contributed by atoms with Gasteiger partial charge < -0.3 is 20.3 Å². The van der Waals surface area contributed by atoms with Gasteiger partial charge in [0, 0.05) is 6.08 Å². The molecule has 1 aromatic heterocycles. The van der Waals surface area contributed by atoms with Gasteiger partial charge in [0.2, 0.25) is 5.95 Å². The molecule has 86 valence electrons. The topological polar surface area (TPSA) is 117 Å². The Balaban J connectivity index is 2.37. The van der Waals surface area contributed by atoms with Gasteiger partial charge in [0.25, 0.3) is 0 Å². The summed E-state index contributed by atoms with van der Waals surface area (Å²) in [5, 5.41) is 20.4. The quantitative estimate of drug-likeness (QED) is 0.347. The molecule has 8 nitrogen and oxygen atoms in total. The normalized spacial score (nSPS) is 9.50. The Morgan fingerprint density at radius 1 is 1.38 bits per heavy atom. The fraction of sp³-hybridized carbons (Fsp3) is 0.250. The SMILES string of the molecule is C=CC(=O)OCCNc1nc(O)nc(O)n1. The third kappa shape index (κ3) is 3.78. The molecule has 0 bridgehead atoms. The van der Waals surface area contributed by atoms with E-state index >= 15 is 0 Å². The largest absolute Gasteiger partial charge is 0.479 e. The van der Waals surface area contributed by atoms with E-state index in [4.69, 9.17) is 10.2 Å². The predicted molar refractivity (Wildman–Crippen MR) is 52.8 cm³/mol. The second-order valence-corrected chi connectivity index (χ2v) is 2.56. The maximum atomic E-state index is 10.6. The summed E-state index contributed by atoms with van der Waals surface area (Å²) in [6.07, 6.45) is 1.04. The zero-order valence-electron chi connectivity index (χ0n) is 8.25. The molecule has 0 fully saturated rings. The maximum absolute atomic E-state index is 10.6. The van der Waals surface area contributed by atoms with Crippen molar-refractivity contribution in [3.05, 3.63) is 12.7 Å². The average Bonchev–Trinajstić information content (AvgIpc) is 2.22. The molecule has 3 N–H and O–H groups in total. The number of carbonyl (C=O) groups is 1. The molecule has 16 heavy (non-hydrogen) atoms. The molecular formula is C8H10N4O4. The molecule has 1 heterocycles. The minimum Gasteiger partial charge on any atom is -0.479 e. The van der Waals surface area contributed by atoms with Crippen LogP contribution in [0.15, 0.2) is 12.7 Å². The van der Waals surface area contributed by atoms with E-state index in [1.165, 1.54) is 0 Å². The van der Waals surface area contributed by atoms with Crippen molar-refractivity contribution in [2.24, 2.45) is 0 Å². The first-order valence-electron chi connectivity index (χ1n) is 4.29. The summed E-state index contributed by atoms with van der Waals surface area (Å²) < 4.78 is 4.66. The van der Waals surface area contributed by atoms with Crippen molar-refractivity contribution < 1.29 is 19.7 Å². The van der Waals surface area contributed by atoms with E-state index in [-0.39, 0.29) is 19.1 Å². The Kier molecular flexibility index (Phi) is 4.01. The molecule has 0 aromatic carbocycles. The van der Waals surface area contributed by atoms with Gasteiger partial charge in [0.05, 0.1) is 6.54 Å². The summed E-state index contributed by atoms with van der Waals surface area (Å²) in [5.41, 5.74) is 0. The van der Waals surface area contributed by atoms with Crippen LogP contribution in [0.4, 0.5) is 5.95 Å². The number of esters is 1. The van der Waals surface area contributed by atoms with Gasteiger partial charge in [0.1, 0.15) is 6.61 Å².